The van der Waals surface area contributed by atoms with Crippen molar-refractivity contribution in [3.05, 3.63) is 42.0 Å². The lowest BCUT2D eigenvalue weighted by atomic mass is 9.80. The molecule has 2 aromatic carbocycles. The highest BCUT2D eigenvalue weighted by molar-refractivity contribution is 5.87. The van der Waals surface area contributed by atoms with Crippen molar-refractivity contribution in [2.24, 2.45) is 11.3 Å². The van der Waals surface area contributed by atoms with Gasteiger partial charge in [0.15, 0.2) is 0 Å². The van der Waals surface area contributed by atoms with Crippen molar-refractivity contribution in [3.8, 4) is 5.75 Å². The summed E-state index contributed by atoms with van der Waals surface area (Å²) in [5.41, 5.74) is 1.44. The Balaban J connectivity index is 1.85. The summed E-state index contributed by atoms with van der Waals surface area (Å²) in [7, 11) is 0. The van der Waals surface area contributed by atoms with Crippen LogP contribution in [-0.4, -0.2) is 23.1 Å². The predicted molar refractivity (Wildman–Crippen MR) is 88.5 cm³/mol. The second kappa shape index (κ2) is 5.34. The van der Waals surface area contributed by atoms with Gasteiger partial charge in [-0.15, -0.1) is 0 Å². The molecule has 1 N–H and O–H groups in total. The zero-order valence-corrected chi connectivity index (χ0v) is 13.3. The maximum absolute atomic E-state index is 10.3. The van der Waals surface area contributed by atoms with Gasteiger partial charge in [-0.05, 0) is 41.1 Å². The Morgan fingerprint density at radius 1 is 1.14 bits per heavy atom. The number of hydrogen-bond donors (Lipinski definition) is 1. The molecule has 2 nitrogen and oxygen atoms in total. The Bertz CT molecular complexity index is 642. The summed E-state index contributed by atoms with van der Waals surface area (Å²) >= 11 is 0. The summed E-state index contributed by atoms with van der Waals surface area (Å²) in [6, 6.07) is 12.1. The van der Waals surface area contributed by atoms with Crippen molar-refractivity contribution in [3.63, 3.8) is 0 Å². The molecule has 1 saturated heterocycles. The van der Waals surface area contributed by atoms with Crippen LogP contribution in [0.1, 0.15) is 32.8 Å². The van der Waals surface area contributed by atoms with Crippen LogP contribution in [0.2, 0.25) is 0 Å². The van der Waals surface area contributed by atoms with Gasteiger partial charge in [-0.3, -0.25) is 4.90 Å². The smallest absolute Gasteiger partial charge is 0.120 e. The van der Waals surface area contributed by atoms with Crippen LogP contribution < -0.4 is 0 Å². The van der Waals surface area contributed by atoms with E-state index in [9.17, 15) is 5.11 Å². The SMILES string of the molecule is CC(C)(C)C1CCN(Cc2c(O)ccc3ccccc23)C1. The summed E-state index contributed by atoms with van der Waals surface area (Å²) in [5, 5.41) is 12.7. The second-order valence-electron chi connectivity index (χ2n) is 7.37. The van der Waals surface area contributed by atoms with Gasteiger partial charge < -0.3 is 5.11 Å². The van der Waals surface area contributed by atoms with Crippen molar-refractivity contribution in [1.29, 1.82) is 0 Å². The molecule has 1 fully saturated rings. The van der Waals surface area contributed by atoms with Gasteiger partial charge in [0.1, 0.15) is 5.75 Å². The summed E-state index contributed by atoms with van der Waals surface area (Å²) in [6.45, 7) is 10.1. The molecule has 112 valence electrons. The third kappa shape index (κ3) is 2.91. The molecular formula is C19H25NO. The first kappa shape index (κ1) is 14.4. The summed E-state index contributed by atoms with van der Waals surface area (Å²) < 4.78 is 0. The van der Waals surface area contributed by atoms with E-state index in [4.69, 9.17) is 0 Å². The molecule has 0 amide bonds. The molecule has 0 aromatic heterocycles. The molecule has 1 heterocycles. The van der Waals surface area contributed by atoms with Gasteiger partial charge in [0.05, 0.1) is 0 Å². The van der Waals surface area contributed by atoms with Gasteiger partial charge in [0.25, 0.3) is 0 Å². The molecule has 0 aliphatic carbocycles. The lowest BCUT2D eigenvalue weighted by Crippen LogP contribution is -2.25. The summed E-state index contributed by atoms with van der Waals surface area (Å²) in [5.74, 6) is 1.17. The van der Waals surface area contributed by atoms with Crippen LogP contribution in [0.3, 0.4) is 0 Å². The molecule has 2 heteroatoms. The van der Waals surface area contributed by atoms with Crippen LogP contribution in [0.15, 0.2) is 36.4 Å². The average molecular weight is 283 g/mol. The minimum atomic E-state index is 0.371. The van der Waals surface area contributed by atoms with Gasteiger partial charge in [0, 0.05) is 18.7 Å². The van der Waals surface area contributed by atoms with Crippen LogP contribution in [-0.2, 0) is 6.54 Å². The molecular weight excluding hydrogens is 258 g/mol. The first-order valence-corrected chi connectivity index (χ1v) is 7.87. The Morgan fingerprint density at radius 2 is 1.90 bits per heavy atom. The van der Waals surface area contributed by atoms with Crippen molar-refractivity contribution < 1.29 is 5.11 Å². The van der Waals surface area contributed by atoms with E-state index in [1.807, 2.05) is 18.2 Å². The van der Waals surface area contributed by atoms with Gasteiger partial charge >= 0.3 is 0 Å². The van der Waals surface area contributed by atoms with Gasteiger partial charge in [-0.2, -0.15) is 0 Å². The van der Waals surface area contributed by atoms with Crippen molar-refractivity contribution in [2.75, 3.05) is 13.1 Å². The molecule has 1 unspecified atom stereocenters. The standard InChI is InChI=1S/C19H25NO/c1-19(2,3)15-10-11-20(12-15)13-17-16-7-5-4-6-14(16)8-9-18(17)21/h4-9,15,21H,10-13H2,1-3H3. The van der Waals surface area contributed by atoms with Crippen molar-refractivity contribution in [1.82, 2.24) is 4.90 Å². The Kier molecular flexibility index (Phi) is 3.66. The van der Waals surface area contributed by atoms with Crippen molar-refractivity contribution in [2.45, 2.75) is 33.7 Å². The minimum Gasteiger partial charge on any atom is -0.508 e. The number of fused-ring (bicyclic) bond motifs is 1. The minimum absolute atomic E-state index is 0.371. The highest BCUT2D eigenvalue weighted by Crippen LogP contribution is 2.36. The predicted octanol–water partition coefficient (Wildman–Crippen LogP) is 4.41. The number of nitrogens with zero attached hydrogens (tertiary/aromatic N) is 1. The molecule has 3 rings (SSSR count). The van der Waals surface area contributed by atoms with Crippen LogP contribution in [0.5, 0.6) is 5.75 Å². The topological polar surface area (TPSA) is 23.5 Å². The number of aromatic hydroxyl groups is 1. The summed E-state index contributed by atoms with van der Waals surface area (Å²) in [4.78, 5) is 2.48. The third-order valence-electron chi connectivity index (χ3n) is 4.89. The Morgan fingerprint density at radius 3 is 2.62 bits per heavy atom. The molecule has 2 aromatic rings. The fraction of sp³-hybridized carbons (Fsp3) is 0.474. The number of rotatable bonds is 2. The summed E-state index contributed by atoms with van der Waals surface area (Å²) in [6.07, 6.45) is 1.26. The number of benzene rings is 2. The van der Waals surface area contributed by atoms with Crippen molar-refractivity contribution >= 4 is 10.8 Å². The maximum Gasteiger partial charge on any atom is 0.120 e. The van der Waals surface area contributed by atoms with E-state index < -0.39 is 0 Å². The lowest BCUT2D eigenvalue weighted by Gasteiger charge is -2.27. The van der Waals surface area contributed by atoms with Gasteiger partial charge in [-0.1, -0.05) is 51.1 Å². The highest BCUT2D eigenvalue weighted by Gasteiger charge is 2.31. The number of phenols is 1. The first-order chi connectivity index (χ1) is 9.95. The zero-order chi connectivity index (χ0) is 15.0. The molecule has 0 spiro atoms. The average Bonchev–Trinajstić information content (AvgIpc) is 2.91. The monoisotopic (exact) mass is 283 g/mol. The molecule has 0 bridgehead atoms. The molecule has 1 atom stereocenters. The van der Waals surface area contributed by atoms with Crippen LogP contribution >= 0.6 is 0 Å². The fourth-order valence-electron chi connectivity index (χ4n) is 3.40. The molecule has 1 aliphatic rings. The van der Waals surface area contributed by atoms with Crippen LogP contribution in [0, 0.1) is 11.3 Å². The third-order valence-corrected chi connectivity index (χ3v) is 4.89. The second-order valence-corrected chi connectivity index (χ2v) is 7.37. The van der Waals surface area contributed by atoms with E-state index in [1.54, 1.807) is 0 Å². The van der Waals surface area contributed by atoms with E-state index in [0.29, 0.717) is 11.2 Å². The van der Waals surface area contributed by atoms with E-state index in [1.165, 1.54) is 17.2 Å². The van der Waals surface area contributed by atoms with Crippen LogP contribution in [0.25, 0.3) is 10.8 Å². The van der Waals surface area contributed by atoms with Gasteiger partial charge in [-0.25, -0.2) is 0 Å². The van der Waals surface area contributed by atoms with E-state index in [0.717, 1.165) is 31.1 Å². The van der Waals surface area contributed by atoms with E-state index in [2.05, 4.69) is 43.9 Å². The number of phenolic OH excluding ortho intramolecular Hbond substituents is 1. The normalized spacial score (nSPS) is 20.2. The largest absolute Gasteiger partial charge is 0.508 e. The molecule has 0 saturated carbocycles. The number of likely N-dealkylation sites (tertiary alicyclic amines) is 1. The highest BCUT2D eigenvalue weighted by atomic mass is 16.3. The zero-order valence-electron chi connectivity index (χ0n) is 13.3. The molecule has 21 heavy (non-hydrogen) atoms. The Labute approximate surface area is 127 Å². The quantitative estimate of drug-likeness (QED) is 0.882. The lowest BCUT2D eigenvalue weighted by molar-refractivity contribution is 0.226. The molecule has 0 radical (unpaired) electrons. The molecule has 1 aliphatic heterocycles. The number of hydrogen-bond acceptors (Lipinski definition) is 2. The van der Waals surface area contributed by atoms with E-state index >= 15 is 0 Å². The maximum atomic E-state index is 10.3. The fourth-order valence-corrected chi connectivity index (χ4v) is 3.40. The van der Waals surface area contributed by atoms with Gasteiger partial charge in [0.2, 0.25) is 0 Å². The van der Waals surface area contributed by atoms with E-state index in [-0.39, 0.29) is 0 Å². The van der Waals surface area contributed by atoms with Crippen LogP contribution in [0.4, 0.5) is 0 Å². The Hall–Kier alpha value is -1.54. The first-order valence-electron chi connectivity index (χ1n) is 7.87.